The Balaban J connectivity index is 1.26. The lowest BCUT2D eigenvalue weighted by Crippen LogP contribution is -2.57. The van der Waals surface area contributed by atoms with E-state index in [9.17, 15) is 27.4 Å². The van der Waals surface area contributed by atoms with Gasteiger partial charge in [0, 0.05) is 36.5 Å². The summed E-state index contributed by atoms with van der Waals surface area (Å²) in [7, 11) is -4.26. The lowest BCUT2D eigenvalue weighted by atomic mass is 9.44. The summed E-state index contributed by atoms with van der Waals surface area (Å²) in [5.74, 6) is 2.20. The normalized spacial score (nSPS) is 37.9. The molecule has 0 aliphatic heterocycles. The summed E-state index contributed by atoms with van der Waals surface area (Å²) < 4.78 is 32.2. The van der Waals surface area contributed by atoms with Crippen molar-refractivity contribution in [2.45, 2.75) is 102 Å². The maximum Gasteiger partial charge on any atom is 0.304 e. The Morgan fingerprint density at radius 3 is 2.49 bits per heavy atom. The van der Waals surface area contributed by atoms with E-state index in [1.807, 2.05) is 6.92 Å². The number of hydrogen-bond donors (Lipinski definition) is 2. The van der Waals surface area contributed by atoms with Gasteiger partial charge in [0.05, 0.1) is 6.04 Å². The molecular formula is C30H43NO6S2. The first-order chi connectivity index (χ1) is 18.3. The highest BCUT2D eigenvalue weighted by atomic mass is 32.3. The first-order valence-corrected chi connectivity index (χ1v) is 16.9. The third-order valence-corrected chi connectivity index (χ3v) is 14.0. The van der Waals surface area contributed by atoms with Crippen LogP contribution in [0.3, 0.4) is 0 Å². The minimum Gasteiger partial charge on any atom is -0.348 e. The van der Waals surface area contributed by atoms with Crippen molar-refractivity contribution < 1.29 is 27.4 Å². The molecule has 1 amide bonds. The average Bonchev–Trinajstić information content (AvgIpc) is 3.48. The number of ketones is 2. The zero-order chi connectivity index (χ0) is 28.3. The van der Waals surface area contributed by atoms with Gasteiger partial charge in [0.1, 0.15) is 15.8 Å². The minimum atomic E-state index is -4.26. The van der Waals surface area contributed by atoms with Crippen molar-refractivity contribution in [3.63, 3.8) is 0 Å². The number of hydrogen-bond acceptors (Lipinski definition) is 6. The average molecular weight is 578 g/mol. The van der Waals surface area contributed by atoms with Gasteiger partial charge in [-0.1, -0.05) is 27.7 Å². The van der Waals surface area contributed by atoms with Crippen molar-refractivity contribution in [2.75, 3.05) is 0 Å². The molecule has 1 aromatic heterocycles. The highest BCUT2D eigenvalue weighted by molar-refractivity contribution is 7.88. The number of fused-ring (bicyclic) bond motifs is 5. The van der Waals surface area contributed by atoms with Gasteiger partial charge >= 0.3 is 10.1 Å². The molecule has 4 aliphatic rings. The SMILES string of the molecule is CCC(NC(=O)C[C@@H](C)[C@H]1CC[C@H]2[C@@H]3C(=O)C[C@@H]4CC(=O)CC[C@]4(C)[C@H]3CC[C@]12C)c1ccc(S(=O)(=O)O)s1. The van der Waals surface area contributed by atoms with Crippen molar-refractivity contribution in [1.29, 1.82) is 0 Å². The predicted molar refractivity (Wildman–Crippen MR) is 150 cm³/mol. The topological polar surface area (TPSA) is 118 Å². The summed E-state index contributed by atoms with van der Waals surface area (Å²) in [6, 6.07) is 2.73. The molecule has 9 heteroatoms. The molecule has 0 spiro atoms. The van der Waals surface area contributed by atoms with Crippen LogP contribution in [0.2, 0.25) is 0 Å². The van der Waals surface area contributed by atoms with Gasteiger partial charge in [-0.15, -0.1) is 11.3 Å². The van der Waals surface area contributed by atoms with E-state index in [4.69, 9.17) is 0 Å². The van der Waals surface area contributed by atoms with E-state index in [1.165, 1.54) is 6.07 Å². The van der Waals surface area contributed by atoms with Gasteiger partial charge in [0.25, 0.3) is 0 Å². The van der Waals surface area contributed by atoms with E-state index in [1.54, 1.807) is 6.07 Å². The summed E-state index contributed by atoms with van der Waals surface area (Å²) in [6.45, 7) is 8.83. The number of carbonyl (C=O) groups is 3. The zero-order valence-electron chi connectivity index (χ0n) is 23.6. The van der Waals surface area contributed by atoms with Crippen LogP contribution in [0.25, 0.3) is 0 Å². The second-order valence-electron chi connectivity index (χ2n) is 13.4. The van der Waals surface area contributed by atoms with Gasteiger partial charge in [0.2, 0.25) is 5.91 Å². The minimum absolute atomic E-state index is 0.0342. The van der Waals surface area contributed by atoms with Crippen LogP contribution in [0.5, 0.6) is 0 Å². The number of rotatable bonds is 7. The Morgan fingerprint density at radius 2 is 1.82 bits per heavy atom. The molecule has 7 nitrogen and oxygen atoms in total. The number of carbonyl (C=O) groups excluding carboxylic acids is 3. The second kappa shape index (κ2) is 10.4. The molecule has 4 aliphatic carbocycles. The standard InChI is InChI=1S/C30H43NO6S2/c1-5-23(25-8-9-27(38-25)39(35,36)37)31-26(34)14-17(2)20-6-7-21-28-22(11-13-30(20,21)4)29(3)12-10-19(32)15-18(29)16-24(28)33/h8-9,17-18,20-23,28H,5-7,10-16H2,1-4H3,(H,31,34)(H,35,36,37)/t17-,18+,20-,21+,22+,23?,28+,29+,30-/m1/s1. The summed E-state index contributed by atoms with van der Waals surface area (Å²) in [4.78, 5) is 39.7. The van der Waals surface area contributed by atoms with Crippen molar-refractivity contribution in [1.82, 2.24) is 5.32 Å². The van der Waals surface area contributed by atoms with Crippen LogP contribution < -0.4 is 5.32 Å². The van der Waals surface area contributed by atoms with E-state index >= 15 is 0 Å². The van der Waals surface area contributed by atoms with E-state index in [-0.39, 0.29) is 44.7 Å². The van der Waals surface area contributed by atoms with Crippen LogP contribution in [0, 0.1) is 46.3 Å². The van der Waals surface area contributed by atoms with Gasteiger partial charge in [-0.05, 0) is 91.1 Å². The van der Waals surface area contributed by atoms with E-state index in [0.717, 1.165) is 43.4 Å². The highest BCUT2D eigenvalue weighted by Gasteiger charge is 2.63. The summed E-state index contributed by atoms with van der Waals surface area (Å²) in [5.41, 5.74) is 0.121. The third-order valence-electron chi connectivity index (χ3n) is 11.5. The first-order valence-electron chi connectivity index (χ1n) is 14.7. The van der Waals surface area contributed by atoms with Crippen molar-refractivity contribution >= 4 is 38.9 Å². The molecule has 0 saturated heterocycles. The van der Waals surface area contributed by atoms with Crippen LogP contribution in [-0.4, -0.2) is 30.4 Å². The maximum absolute atomic E-state index is 13.6. The molecule has 0 aromatic carbocycles. The van der Waals surface area contributed by atoms with Gasteiger partial charge in [-0.2, -0.15) is 8.42 Å². The molecule has 0 bridgehead atoms. The van der Waals surface area contributed by atoms with Crippen LogP contribution in [0.15, 0.2) is 16.3 Å². The number of thiophene rings is 1. The van der Waals surface area contributed by atoms with Gasteiger partial charge < -0.3 is 5.32 Å². The fourth-order valence-corrected chi connectivity index (χ4v) is 11.2. The van der Waals surface area contributed by atoms with Gasteiger partial charge in [-0.25, -0.2) is 0 Å². The molecule has 0 radical (unpaired) electrons. The number of Topliss-reactive ketones (excluding diaryl/α,β-unsaturated/α-hetero) is 2. The Kier molecular flexibility index (Phi) is 7.68. The van der Waals surface area contributed by atoms with Crippen molar-refractivity contribution in [2.24, 2.45) is 46.3 Å². The molecule has 4 saturated carbocycles. The predicted octanol–water partition coefficient (Wildman–Crippen LogP) is 6.00. The molecule has 1 heterocycles. The van der Waals surface area contributed by atoms with Crippen LogP contribution in [0.4, 0.5) is 0 Å². The zero-order valence-corrected chi connectivity index (χ0v) is 25.2. The third kappa shape index (κ3) is 5.05. The number of amides is 1. The second-order valence-corrected chi connectivity index (χ2v) is 16.2. The summed E-state index contributed by atoms with van der Waals surface area (Å²) in [6.07, 6.45) is 7.88. The van der Waals surface area contributed by atoms with Crippen LogP contribution in [0.1, 0.15) is 103 Å². The van der Waals surface area contributed by atoms with Crippen molar-refractivity contribution in [3.05, 3.63) is 17.0 Å². The first kappa shape index (κ1) is 28.9. The molecule has 2 N–H and O–H groups in total. The molecule has 1 aromatic rings. The molecule has 9 atom stereocenters. The lowest BCUT2D eigenvalue weighted by molar-refractivity contribution is -0.159. The molecule has 1 unspecified atom stereocenters. The van der Waals surface area contributed by atoms with Crippen LogP contribution >= 0.6 is 11.3 Å². The van der Waals surface area contributed by atoms with E-state index in [2.05, 4.69) is 26.1 Å². The Bertz CT molecular complexity index is 1260. The quantitative estimate of drug-likeness (QED) is 0.384. The Hall–Kier alpha value is -1.58. The summed E-state index contributed by atoms with van der Waals surface area (Å²) in [5, 5.41) is 3.09. The number of nitrogens with one attached hydrogen (secondary N) is 1. The lowest BCUT2D eigenvalue weighted by Gasteiger charge is -2.59. The highest BCUT2D eigenvalue weighted by Crippen LogP contribution is 2.67. The molecule has 4 fully saturated rings. The van der Waals surface area contributed by atoms with Crippen molar-refractivity contribution in [3.8, 4) is 0 Å². The molecule has 5 rings (SSSR count). The van der Waals surface area contributed by atoms with E-state index < -0.39 is 10.1 Å². The Morgan fingerprint density at radius 1 is 1.10 bits per heavy atom. The molecule has 39 heavy (non-hydrogen) atoms. The fourth-order valence-electron chi connectivity index (χ4n) is 9.42. The monoisotopic (exact) mass is 577 g/mol. The molecule has 216 valence electrons. The van der Waals surface area contributed by atoms with Gasteiger partial charge in [0.15, 0.2) is 0 Å². The van der Waals surface area contributed by atoms with E-state index in [0.29, 0.717) is 66.3 Å². The Labute approximate surface area is 236 Å². The fraction of sp³-hybridized carbons (Fsp3) is 0.767. The largest absolute Gasteiger partial charge is 0.348 e. The molecular weight excluding hydrogens is 534 g/mol. The van der Waals surface area contributed by atoms with Gasteiger partial charge in [-0.3, -0.25) is 18.9 Å². The summed E-state index contributed by atoms with van der Waals surface area (Å²) >= 11 is 0.988. The van der Waals surface area contributed by atoms with Crippen LogP contribution in [-0.2, 0) is 24.5 Å². The maximum atomic E-state index is 13.6. The smallest absolute Gasteiger partial charge is 0.304 e.